The van der Waals surface area contributed by atoms with E-state index in [1.165, 1.54) is 6.20 Å². The molecule has 0 saturated carbocycles. The Morgan fingerprint density at radius 3 is 2.80 bits per heavy atom. The predicted octanol–water partition coefficient (Wildman–Crippen LogP) is 4.12. The minimum absolute atomic E-state index is 0.00436. The largest absolute Gasteiger partial charge is 0.482 e. The van der Waals surface area contributed by atoms with Crippen molar-refractivity contribution in [1.82, 2.24) is 4.98 Å². The molecule has 0 aliphatic carbocycles. The molecule has 0 unspecified atom stereocenters. The van der Waals surface area contributed by atoms with Gasteiger partial charge in [0.05, 0.1) is 9.40 Å². The van der Waals surface area contributed by atoms with Gasteiger partial charge in [0, 0.05) is 23.9 Å². The highest BCUT2D eigenvalue weighted by molar-refractivity contribution is 9.10. The molecule has 0 aliphatic rings. The first-order chi connectivity index (χ1) is 9.47. The molecule has 2 rings (SSSR count). The maximum atomic E-state index is 13.4. The van der Waals surface area contributed by atoms with Crippen molar-refractivity contribution < 1.29 is 14.1 Å². The highest BCUT2D eigenvalue weighted by Gasteiger charge is 2.19. The summed E-state index contributed by atoms with van der Waals surface area (Å²) in [6.07, 6.45) is 1.48. The molecule has 5 nitrogen and oxygen atoms in total. The topological polar surface area (TPSA) is 65.3 Å². The third kappa shape index (κ3) is 3.43. The van der Waals surface area contributed by atoms with E-state index in [0.29, 0.717) is 10.7 Å². The van der Waals surface area contributed by atoms with Gasteiger partial charge in [0.2, 0.25) is 0 Å². The zero-order chi connectivity index (χ0) is 14.7. The summed E-state index contributed by atoms with van der Waals surface area (Å²) in [5, 5.41) is 11.2. The number of ether oxygens (including phenoxy) is 1. The average molecular weight is 362 g/mol. The van der Waals surface area contributed by atoms with Crippen LogP contribution in [0.5, 0.6) is 5.75 Å². The van der Waals surface area contributed by atoms with Crippen LogP contribution in [0.4, 0.5) is 10.1 Å². The van der Waals surface area contributed by atoms with E-state index in [0.717, 1.165) is 12.1 Å². The van der Waals surface area contributed by atoms with Crippen LogP contribution in [0.3, 0.4) is 0 Å². The molecular formula is C12H7BrClFN2O3. The molecule has 0 atom stereocenters. The van der Waals surface area contributed by atoms with Gasteiger partial charge in [0.25, 0.3) is 0 Å². The van der Waals surface area contributed by atoms with Gasteiger partial charge in [-0.1, -0.05) is 17.7 Å². The normalized spacial score (nSPS) is 10.3. The maximum Gasteiger partial charge on any atom is 0.312 e. The smallest absolute Gasteiger partial charge is 0.312 e. The lowest BCUT2D eigenvalue weighted by molar-refractivity contribution is -0.386. The molecule has 0 spiro atoms. The summed E-state index contributed by atoms with van der Waals surface area (Å²) < 4.78 is 18.7. The van der Waals surface area contributed by atoms with E-state index < -0.39 is 10.7 Å². The number of nitrogens with zero attached hydrogens (tertiary/aromatic N) is 2. The van der Waals surface area contributed by atoms with Crippen molar-refractivity contribution in [3.8, 4) is 5.75 Å². The highest BCUT2D eigenvalue weighted by atomic mass is 79.9. The van der Waals surface area contributed by atoms with Crippen LogP contribution in [-0.4, -0.2) is 9.91 Å². The standard InChI is InChI=1S/C12H7BrClFN2O3/c13-8-3-10(17(18)19)11(4-9(8)15)20-6-7-1-2-12(14)16-5-7/h1-5H,6H2. The summed E-state index contributed by atoms with van der Waals surface area (Å²) in [5.41, 5.74) is 0.340. The van der Waals surface area contributed by atoms with Crippen LogP contribution in [0.2, 0.25) is 5.15 Å². The second kappa shape index (κ2) is 6.15. The van der Waals surface area contributed by atoms with E-state index in [1.54, 1.807) is 12.1 Å². The van der Waals surface area contributed by atoms with Gasteiger partial charge in [-0.05, 0) is 22.0 Å². The maximum absolute atomic E-state index is 13.4. The lowest BCUT2D eigenvalue weighted by Gasteiger charge is -2.07. The Hall–Kier alpha value is -1.73. The van der Waals surface area contributed by atoms with E-state index in [-0.39, 0.29) is 22.5 Å². The molecule has 0 radical (unpaired) electrons. The Morgan fingerprint density at radius 2 is 2.20 bits per heavy atom. The molecule has 0 N–H and O–H groups in total. The Morgan fingerprint density at radius 1 is 1.45 bits per heavy atom. The molecule has 0 saturated heterocycles. The first kappa shape index (κ1) is 14.7. The van der Waals surface area contributed by atoms with Crippen LogP contribution >= 0.6 is 27.5 Å². The first-order valence-corrected chi connectivity index (χ1v) is 6.51. The molecule has 2 aromatic rings. The number of hydrogen-bond acceptors (Lipinski definition) is 4. The molecular weight excluding hydrogens is 354 g/mol. The fourth-order valence-corrected chi connectivity index (χ4v) is 1.87. The van der Waals surface area contributed by atoms with Gasteiger partial charge in [-0.15, -0.1) is 0 Å². The van der Waals surface area contributed by atoms with Crippen LogP contribution in [-0.2, 0) is 6.61 Å². The molecule has 20 heavy (non-hydrogen) atoms. The number of hydrogen-bond donors (Lipinski definition) is 0. The van der Waals surface area contributed by atoms with Crippen molar-refractivity contribution in [3.05, 3.63) is 61.6 Å². The fraction of sp³-hybridized carbons (Fsp3) is 0.0833. The van der Waals surface area contributed by atoms with Gasteiger partial charge < -0.3 is 4.74 Å². The quantitative estimate of drug-likeness (QED) is 0.467. The van der Waals surface area contributed by atoms with Crippen LogP contribution in [0.15, 0.2) is 34.9 Å². The van der Waals surface area contributed by atoms with Crippen molar-refractivity contribution in [1.29, 1.82) is 0 Å². The second-order valence-corrected chi connectivity index (χ2v) is 5.01. The Balaban J connectivity index is 2.22. The number of benzene rings is 1. The summed E-state index contributed by atoms with van der Waals surface area (Å²) in [6, 6.07) is 5.25. The highest BCUT2D eigenvalue weighted by Crippen LogP contribution is 2.32. The van der Waals surface area contributed by atoms with E-state index in [9.17, 15) is 14.5 Å². The number of pyridine rings is 1. The molecule has 104 valence electrons. The third-order valence-electron chi connectivity index (χ3n) is 2.38. The lowest BCUT2D eigenvalue weighted by Crippen LogP contribution is -2.00. The van der Waals surface area contributed by atoms with E-state index in [2.05, 4.69) is 20.9 Å². The summed E-state index contributed by atoms with van der Waals surface area (Å²) in [6.45, 7) is 0.0199. The SMILES string of the molecule is O=[N+]([O-])c1cc(Br)c(F)cc1OCc1ccc(Cl)nc1. The monoisotopic (exact) mass is 360 g/mol. The predicted molar refractivity (Wildman–Crippen MR) is 74.3 cm³/mol. The van der Waals surface area contributed by atoms with E-state index in [1.807, 2.05) is 0 Å². The summed E-state index contributed by atoms with van der Waals surface area (Å²) in [5.74, 6) is -0.787. The Kier molecular flexibility index (Phi) is 4.51. The Bertz CT molecular complexity index is 652. The van der Waals surface area contributed by atoms with Crippen LogP contribution in [0.1, 0.15) is 5.56 Å². The lowest BCUT2D eigenvalue weighted by atomic mass is 10.2. The Labute approximate surface area is 126 Å². The van der Waals surface area contributed by atoms with Crippen molar-refractivity contribution >= 4 is 33.2 Å². The second-order valence-electron chi connectivity index (χ2n) is 3.77. The van der Waals surface area contributed by atoms with Gasteiger partial charge in [-0.25, -0.2) is 9.37 Å². The number of nitro benzene ring substituents is 1. The van der Waals surface area contributed by atoms with Gasteiger partial charge in [0.1, 0.15) is 17.6 Å². The molecule has 0 amide bonds. The molecule has 1 aromatic heterocycles. The zero-order valence-corrected chi connectivity index (χ0v) is 12.2. The van der Waals surface area contributed by atoms with Crippen molar-refractivity contribution in [2.45, 2.75) is 6.61 Å². The number of rotatable bonds is 4. The minimum atomic E-state index is -0.639. The van der Waals surface area contributed by atoms with Crippen molar-refractivity contribution in [2.24, 2.45) is 0 Å². The molecule has 1 aromatic carbocycles. The van der Waals surface area contributed by atoms with Crippen LogP contribution in [0, 0.1) is 15.9 Å². The number of nitro groups is 1. The van der Waals surface area contributed by atoms with Crippen LogP contribution < -0.4 is 4.74 Å². The van der Waals surface area contributed by atoms with Gasteiger partial charge in [-0.3, -0.25) is 10.1 Å². The molecule has 0 bridgehead atoms. The minimum Gasteiger partial charge on any atom is -0.482 e. The summed E-state index contributed by atoms with van der Waals surface area (Å²) in [7, 11) is 0. The summed E-state index contributed by atoms with van der Waals surface area (Å²) >= 11 is 8.53. The van der Waals surface area contributed by atoms with Crippen molar-refractivity contribution in [3.63, 3.8) is 0 Å². The molecule has 0 aliphatic heterocycles. The van der Waals surface area contributed by atoms with E-state index >= 15 is 0 Å². The van der Waals surface area contributed by atoms with Gasteiger partial charge in [-0.2, -0.15) is 0 Å². The number of aromatic nitrogens is 1. The summed E-state index contributed by atoms with van der Waals surface area (Å²) in [4.78, 5) is 14.1. The van der Waals surface area contributed by atoms with Gasteiger partial charge in [0.15, 0.2) is 5.75 Å². The van der Waals surface area contributed by atoms with Crippen molar-refractivity contribution in [2.75, 3.05) is 0 Å². The fourth-order valence-electron chi connectivity index (χ4n) is 1.43. The first-order valence-electron chi connectivity index (χ1n) is 5.34. The van der Waals surface area contributed by atoms with E-state index in [4.69, 9.17) is 16.3 Å². The van der Waals surface area contributed by atoms with Gasteiger partial charge >= 0.3 is 5.69 Å². The zero-order valence-electron chi connectivity index (χ0n) is 9.85. The van der Waals surface area contributed by atoms with Crippen LogP contribution in [0.25, 0.3) is 0 Å². The molecule has 8 heteroatoms. The molecule has 0 fully saturated rings. The number of halogens is 3. The average Bonchev–Trinajstić information content (AvgIpc) is 2.41. The third-order valence-corrected chi connectivity index (χ3v) is 3.21. The molecule has 1 heterocycles.